The van der Waals surface area contributed by atoms with Crippen molar-refractivity contribution in [2.75, 3.05) is 0 Å². The molecular weight excluding hydrogens is 364 g/mol. The van der Waals surface area contributed by atoms with Gasteiger partial charge in [0.25, 0.3) is 0 Å². The van der Waals surface area contributed by atoms with Crippen molar-refractivity contribution in [1.82, 2.24) is 29.8 Å². The van der Waals surface area contributed by atoms with Crippen LogP contribution >= 0.6 is 11.6 Å². The summed E-state index contributed by atoms with van der Waals surface area (Å²) in [7, 11) is 0. The molecule has 0 saturated carbocycles. The molecule has 0 unspecified atom stereocenters. The van der Waals surface area contributed by atoms with Crippen molar-refractivity contribution in [2.45, 2.75) is 6.61 Å². The van der Waals surface area contributed by atoms with Crippen molar-refractivity contribution >= 4 is 28.3 Å². The Hall–Kier alpha value is -3.45. The standard InChI is InChI=1S/C19H13ClN6O/c20-15-3-1-2-4-16(15)27-10-12-5-7-13(8-6-12)17-23-19-14-9-22-24-18(14)21-11-26(19)25-17/h1-9,11H,10H2,(H,22,24). The fourth-order valence-electron chi connectivity index (χ4n) is 2.84. The average molecular weight is 377 g/mol. The van der Waals surface area contributed by atoms with Gasteiger partial charge >= 0.3 is 0 Å². The number of para-hydroxylation sites is 1. The number of halogens is 1. The van der Waals surface area contributed by atoms with E-state index in [1.807, 2.05) is 42.5 Å². The van der Waals surface area contributed by atoms with E-state index >= 15 is 0 Å². The van der Waals surface area contributed by atoms with E-state index in [-0.39, 0.29) is 0 Å². The van der Waals surface area contributed by atoms with E-state index in [4.69, 9.17) is 16.3 Å². The summed E-state index contributed by atoms with van der Waals surface area (Å²) in [5.41, 5.74) is 3.35. The highest BCUT2D eigenvalue weighted by Gasteiger charge is 2.11. The number of rotatable bonds is 4. The third-order valence-corrected chi connectivity index (χ3v) is 4.54. The zero-order chi connectivity index (χ0) is 18.2. The Morgan fingerprint density at radius 3 is 2.78 bits per heavy atom. The molecule has 5 rings (SSSR count). The summed E-state index contributed by atoms with van der Waals surface area (Å²) < 4.78 is 7.42. The van der Waals surface area contributed by atoms with Crippen molar-refractivity contribution < 1.29 is 4.74 Å². The van der Waals surface area contributed by atoms with Crippen LogP contribution in [-0.2, 0) is 6.61 Å². The van der Waals surface area contributed by atoms with E-state index in [0.717, 1.165) is 22.2 Å². The lowest BCUT2D eigenvalue weighted by atomic mass is 10.1. The molecule has 0 spiro atoms. The highest BCUT2D eigenvalue weighted by Crippen LogP contribution is 2.25. The lowest BCUT2D eigenvalue weighted by Crippen LogP contribution is -1.96. The highest BCUT2D eigenvalue weighted by molar-refractivity contribution is 6.32. The second-order valence-electron chi connectivity index (χ2n) is 6.00. The summed E-state index contributed by atoms with van der Waals surface area (Å²) in [5, 5.41) is 12.8. The largest absolute Gasteiger partial charge is 0.487 e. The molecule has 3 heterocycles. The van der Waals surface area contributed by atoms with Crippen molar-refractivity contribution in [1.29, 1.82) is 0 Å². The molecule has 0 atom stereocenters. The van der Waals surface area contributed by atoms with Crippen LogP contribution in [0.25, 0.3) is 28.1 Å². The van der Waals surface area contributed by atoms with E-state index in [2.05, 4.69) is 25.3 Å². The van der Waals surface area contributed by atoms with Crippen LogP contribution in [0.15, 0.2) is 61.1 Å². The molecule has 2 aromatic carbocycles. The van der Waals surface area contributed by atoms with Crippen LogP contribution in [0.4, 0.5) is 0 Å². The molecule has 1 N–H and O–H groups in total. The first-order valence-corrected chi connectivity index (χ1v) is 8.67. The number of nitrogens with zero attached hydrogens (tertiary/aromatic N) is 5. The Bertz CT molecular complexity index is 1240. The van der Waals surface area contributed by atoms with Gasteiger partial charge in [0, 0.05) is 5.56 Å². The maximum Gasteiger partial charge on any atom is 0.182 e. The van der Waals surface area contributed by atoms with Gasteiger partial charge in [-0.25, -0.2) is 14.5 Å². The second-order valence-corrected chi connectivity index (χ2v) is 6.40. The number of hydrogen-bond acceptors (Lipinski definition) is 5. The molecule has 27 heavy (non-hydrogen) atoms. The van der Waals surface area contributed by atoms with Crippen molar-refractivity contribution in [3.8, 4) is 17.1 Å². The third-order valence-electron chi connectivity index (χ3n) is 4.23. The number of aromatic amines is 1. The predicted molar refractivity (Wildman–Crippen MR) is 102 cm³/mol. The van der Waals surface area contributed by atoms with Crippen molar-refractivity contribution in [2.24, 2.45) is 0 Å². The molecule has 5 aromatic rings. The van der Waals surface area contributed by atoms with Gasteiger partial charge in [-0.1, -0.05) is 48.0 Å². The van der Waals surface area contributed by atoms with Crippen LogP contribution in [0.5, 0.6) is 5.75 Å². The first-order valence-electron chi connectivity index (χ1n) is 8.29. The van der Waals surface area contributed by atoms with Gasteiger partial charge in [-0.05, 0) is 17.7 Å². The van der Waals surface area contributed by atoms with Gasteiger partial charge in [-0.2, -0.15) is 5.10 Å². The normalized spacial score (nSPS) is 11.3. The summed E-state index contributed by atoms with van der Waals surface area (Å²) in [4.78, 5) is 8.89. The Balaban J connectivity index is 1.40. The van der Waals surface area contributed by atoms with Crippen molar-refractivity contribution in [3.63, 3.8) is 0 Å². The third kappa shape index (κ3) is 2.88. The molecule has 0 bridgehead atoms. The van der Waals surface area contributed by atoms with Crippen LogP contribution in [0.3, 0.4) is 0 Å². The molecule has 0 aliphatic heterocycles. The van der Waals surface area contributed by atoms with Crippen LogP contribution < -0.4 is 4.74 Å². The van der Waals surface area contributed by atoms with Crippen LogP contribution in [0.1, 0.15) is 5.56 Å². The molecule has 0 amide bonds. The second kappa shape index (κ2) is 6.37. The number of aromatic nitrogens is 6. The number of ether oxygens (including phenoxy) is 1. The van der Waals surface area contributed by atoms with Gasteiger partial charge in [-0.3, -0.25) is 5.10 Å². The van der Waals surface area contributed by atoms with Crippen LogP contribution in [-0.4, -0.2) is 29.8 Å². The van der Waals surface area contributed by atoms with E-state index in [9.17, 15) is 0 Å². The zero-order valence-electron chi connectivity index (χ0n) is 14.0. The van der Waals surface area contributed by atoms with Crippen molar-refractivity contribution in [3.05, 3.63) is 71.6 Å². The van der Waals surface area contributed by atoms with E-state index in [1.165, 1.54) is 0 Å². The van der Waals surface area contributed by atoms with E-state index in [1.54, 1.807) is 23.1 Å². The van der Waals surface area contributed by atoms with E-state index < -0.39 is 0 Å². The summed E-state index contributed by atoms with van der Waals surface area (Å²) in [5.74, 6) is 1.30. The lowest BCUT2D eigenvalue weighted by Gasteiger charge is -2.08. The Kier molecular flexibility index (Phi) is 3.72. The molecule has 132 valence electrons. The van der Waals surface area contributed by atoms with E-state index in [0.29, 0.717) is 28.9 Å². The van der Waals surface area contributed by atoms with Gasteiger partial charge in [-0.15, -0.1) is 5.10 Å². The zero-order valence-corrected chi connectivity index (χ0v) is 14.8. The molecule has 8 heteroatoms. The van der Waals surface area contributed by atoms with Crippen LogP contribution in [0.2, 0.25) is 5.02 Å². The Morgan fingerprint density at radius 2 is 1.93 bits per heavy atom. The molecular formula is C19H13ClN6O. The minimum absolute atomic E-state index is 0.433. The SMILES string of the molecule is Clc1ccccc1OCc1ccc(-c2nc3c4cn[nH]c4ncn3n2)cc1. The molecule has 0 aliphatic rings. The fraction of sp³-hybridized carbons (Fsp3) is 0.0526. The molecule has 3 aromatic heterocycles. The lowest BCUT2D eigenvalue weighted by molar-refractivity contribution is 0.306. The highest BCUT2D eigenvalue weighted by atomic mass is 35.5. The molecule has 0 fully saturated rings. The monoisotopic (exact) mass is 376 g/mol. The minimum Gasteiger partial charge on any atom is -0.487 e. The summed E-state index contributed by atoms with van der Waals surface area (Å²) in [6.07, 6.45) is 3.32. The van der Waals surface area contributed by atoms with Gasteiger partial charge in [0.05, 0.1) is 16.6 Å². The van der Waals surface area contributed by atoms with Gasteiger partial charge < -0.3 is 4.74 Å². The molecule has 7 nitrogen and oxygen atoms in total. The number of nitrogens with one attached hydrogen (secondary N) is 1. The number of H-pyrrole nitrogens is 1. The summed E-state index contributed by atoms with van der Waals surface area (Å²) in [6, 6.07) is 15.3. The number of fused-ring (bicyclic) bond motifs is 3. The Labute approximate surface area is 158 Å². The number of hydrogen-bond donors (Lipinski definition) is 1. The minimum atomic E-state index is 0.433. The first kappa shape index (κ1) is 15.8. The topological polar surface area (TPSA) is 81.0 Å². The first-order chi connectivity index (χ1) is 13.3. The van der Waals surface area contributed by atoms with Crippen LogP contribution in [0, 0.1) is 0 Å². The van der Waals surface area contributed by atoms with Gasteiger partial charge in [0.2, 0.25) is 0 Å². The summed E-state index contributed by atoms with van der Waals surface area (Å²) >= 11 is 6.11. The average Bonchev–Trinajstić information content (AvgIpc) is 3.34. The summed E-state index contributed by atoms with van der Waals surface area (Å²) in [6.45, 7) is 0.433. The smallest absolute Gasteiger partial charge is 0.182 e. The maximum atomic E-state index is 6.11. The maximum absolute atomic E-state index is 6.11. The predicted octanol–water partition coefficient (Wildman–Crippen LogP) is 3.90. The molecule has 0 aliphatic carbocycles. The molecule has 0 saturated heterocycles. The Morgan fingerprint density at radius 1 is 1.07 bits per heavy atom. The number of benzene rings is 2. The molecule has 0 radical (unpaired) electrons. The fourth-order valence-corrected chi connectivity index (χ4v) is 3.03. The van der Waals surface area contributed by atoms with Gasteiger partial charge in [0.1, 0.15) is 18.7 Å². The van der Waals surface area contributed by atoms with Gasteiger partial charge in [0.15, 0.2) is 17.1 Å². The quantitative estimate of drug-likeness (QED) is 0.514.